The van der Waals surface area contributed by atoms with E-state index in [9.17, 15) is 14.0 Å². The van der Waals surface area contributed by atoms with Gasteiger partial charge in [-0.3, -0.25) is 9.59 Å². The van der Waals surface area contributed by atoms with Gasteiger partial charge >= 0.3 is 0 Å². The molecule has 0 aliphatic heterocycles. The van der Waals surface area contributed by atoms with E-state index in [1.165, 1.54) is 17.0 Å². The van der Waals surface area contributed by atoms with Crippen LogP contribution in [0.2, 0.25) is 0 Å². The van der Waals surface area contributed by atoms with E-state index >= 15 is 0 Å². The van der Waals surface area contributed by atoms with E-state index < -0.39 is 0 Å². The fourth-order valence-corrected chi connectivity index (χ4v) is 1.92. The van der Waals surface area contributed by atoms with E-state index in [0.717, 1.165) is 5.56 Å². The maximum atomic E-state index is 12.8. The van der Waals surface area contributed by atoms with E-state index in [0.29, 0.717) is 25.9 Å². The third kappa shape index (κ3) is 6.67. The summed E-state index contributed by atoms with van der Waals surface area (Å²) in [6.45, 7) is 4.48. The molecule has 2 amide bonds. The van der Waals surface area contributed by atoms with Gasteiger partial charge in [0.1, 0.15) is 5.82 Å². The third-order valence-corrected chi connectivity index (χ3v) is 3.29. The molecule has 1 aromatic rings. The molecule has 0 bridgehead atoms. The Morgan fingerprint density at radius 2 is 1.95 bits per heavy atom. The molecule has 0 heterocycles. The van der Waals surface area contributed by atoms with Crippen LogP contribution < -0.4 is 11.1 Å². The van der Waals surface area contributed by atoms with Gasteiger partial charge in [-0.15, -0.1) is 0 Å². The highest BCUT2D eigenvalue weighted by atomic mass is 19.1. The van der Waals surface area contributed by atoms with Crippen LogP contribution in [0.3, 0.4) is 0 Å². The first-order valence-corrected chi connectivity index (χ1v) is 7.46. The van der Waals surface area contributed by atoms with Crippen LogP contribution in [0.25, 0.3) is 0 Å². The number of halogens is 1. The lowest BCUT2D eigenvalue weighted by Gasteiger charge is -2.20. The van der Waals surface area contributed by atoms with Gasteiger partial charge in [0.05, 0.1) is 6.54 Å². The summed E-state index contributed by atoms with van der Waals surface area (Å²) in [7, 11) is 0. The minimum atomic E-state index is -0.313. The van der Waals surface area contributed by atoms with Crippen molar-refractivity contribution in [2.24, 2.45) is 5.73 Å². The molecule has 1 rings (SSSR count). The van der Waals surface area contributed by atoms with Gasteiger partial charge < -0.3 is 16.0 Å². The summed E-state index contributed by atoms with van der Waals surface area (Å²) in [6, 6.07) is 5.88. The molecule has 1 atom stereocenters. The first-order chi connectivity index (χ1) is 10.4. The highest BCUT2D eigenvalue weighted by Crippen LogP contribution is 2.03. The Hall–Kier alpha value is -1.95. The molecule has 0 aliphatic carbocycles. The predicted molar refractivity (Wildman–Crippen MR) is 83.4 cm³/mol. The summed E-state index contributed by atoms with van der Waals surface area (Å²) in [6.07, 6.45) is 0.948. The topological polar surface area (TPSA) is 75.4 Å². The summed E-state index contributed by atoms with van der Waals surface area (Å²) < 4.78 is 12.8. The zero-order valence-electron chi connectivity index (χ0n) is 13.1. The van der Waals surface area contributed by atoms with Crippen LogP contribution in [-0.4, -0.2) is 35.8 Å². The number of carbonyl (C=O) groups is 2. The van der Waals surface area contributed by atoms with Gasteiger partial charge in [0.15, 0.2) is 0 Å². The van der Waals surface area contributed by atoms with Crippen molar-refractivity contribution in [1.29, 1.82) is 0 Å². The number of nitrogens with two attached hydrogens (primary N) is 1. The number of nitrogens with zero attached hydrogens (tertiary/aromatic N) is 1. The molecular formula is C16H24FN3O2. The van der Waals surface area contributed by atoms with Crippen molar-refractivity contribution in [2.75, 3.05) is 13.1 Å². The smallest absolute Gasteiger partial charge is 0.239 e. The van der Waals surface area contributed by atoms with E-state index in [1.807, 2.05) is 13.8 Å². The Morgan fingerprint density at radius 1 is 1.32 bits per heavy atom. The Bertz CT molecular complexity index is 489. The quantitative estimate of drug-likeness (QED) is 0.762. The summed E-state index contributed by atoms with van der Waals surface area (Å²) in [5, 5.41) is 2.72. The third-order valence-electron chi connectivity index (χ3n) is 3.29. The average molecular weight is 309 g/mol. The average Bonchev–Trinajstić information content (AvgIpc) is 2.49. The lowest BCUT2D eigenvalue weighted by atomic mass is 10.2. The molecule has 0 radical (unpaired) electrons. The van der Waals surface area contributed by atoms with E-state index in [-0.39, 0.29) is 30.2 Å². The lowest BCUT2D eigenvalue weighted by Crippen LogP contribution is -2.40. The SMILES string of the molecule is CCN(CC(=O)NCc1ccc(F)cc1)C(=O)CCC(C)N. The van der Waals surface area contributed by atoms with Crippen LogP contribution in [0.1, 0.15) is 32.3 Å². The first kappa shape index (κ1) is 18.1. The van der Waals surface area contributed by atoms with Crippen LogP contribution in [0.5, 0.6) is 0 Å². The molecule has 0 spiro atoms. The van der Waals surface area contributed by atoms with Gasteiger partial charge in [0.2, 0.25) is 11.8 Å². The number of carbonyl (C=O) groups excluding carboxylic acids is 2. The van der Waals surface area contributed by atoms with Crippen LogP contribution in [0, 0.1) is 5.82 Å². The zero-order valence-corrected chi connectivity index (χ0v) is 13.1. The van der Waals surface area contributed by atoms with Crippen molar-refractivity contribution < 1.29 is 14.0 Å². The molecule has 5 nitrogen and oxygen atoms in total. The number of rotatable bonds is 8. The van der Waals surface area contributed by atoms with Gasteiger partial charge in [-0.25, -0.2) is 4.39 Å². The molecule has 6 heteroatoms. The van der Waals surface area contributed by atoms with E-state index in [4.69, 9.17) is 5.73 Å². The monoisotopic (exact) mass is 309 g/mol. The fourth-order valence-electron chi connectivity index (χ4n) is 1.92. The number of hydrogen-bond donors (Lipinski definition) is 2. The van der Waals surface area contributed by atoms with E-state index in [1.54, 1.807) is 12.1 Å². The highest BCUT2D eigenvalue weighted by molar-refractivity contribution is 5.84. The summed E-state index contributed by atoms with van der Waals surface area (Å²) >= 11 is 0. The highest BCUT2D eigenvalue weighted by Gasteiger charge is 2.15. The van der Waals surface area contributed by atoms with Crippen molar-refractivity contribution in [1.82, 2.24) is 10.2 Å². The minimum absolute atomic E-state index is 0.0233. The minimum Gasteiger partial charge on any atom is -0.350 e. The second kappa shape index (κ2) is 9.15. The van der Waals surface area contributed by atoms with Gasteiger partial charge in [-0.2, -0.15) is 0 Å². The molecule has 1 aromatic carbocycles. The second-order valence-corrected chi connectivity index (χ2v) is 5.33. The normalized spacial score (nSPS) is 11.8. The summed E-state index contributed by atoms with van der Waals surface area (Å²) in [5.74, 6) is -0.621. The molecule has 0 fully saturated rings. The van der Waals surface area contributed by atoms with Crippen molar-refractivity contribution in [3.05, 3.63) is 35.6 Å². The Kier molecular flexibility index (Phi) is 7.52. The van der Waals surface area contributed by atoms with Gasteiger partial charge in [0, 0.05) is 25.6 Å². The van der Waals surface area contributed by atoms with Crippen molar-refractivity contribution >= 4 is 11.8 Å². The molecule has 0 aromatic heterocycles. The maximum absolute atomic E-state index is 12.8. The molecule has 0 saturated heterocycles. The second-order valence-electron chi connectivity index (χ2n) is 5.33. The Labute approximate surface area is 130 Å². The number of hydrogen-bond acceptors (Lipinski definition) is 3. The molecule has 1 unspecified atom stereocenters. The standard InChI is InChI=1S/C16H24FN3O2/c1-3-20(16(22)9-4-12(2)18)11-15(21)19-10-13-5-7-14(17)8-6-13/h5-8,12H,3-4,9-11,18H2,1-2H3,(H,19,21). The van der Waals surface area contributed by atoms with Crippen molar-refractivity contribution in [3.8, 4) is 0 Å². The van der Waals surface area contributed by atoms with Crippen LogP contribution in [-0.2, 0) is 16.1 Å². The van der Waals surface area contributed by atoms with Crippen molar-refractivity contribution in [3.63, 3.8) is 0 Å². The number of nitrogens with one attached hydrogen (secondary N) is 1. The number of benzene rings is 1. The summed E-state index contributed by atoms with van der Waals surface area (Å²) in [5.41, 5.74) is 6.44. The van der Waals surface area contributed by atoms with E-state index in [2.05, 4.69) is 5.32 Å². The predicted octanol–water partition coefficient (Wildman–Crippen LogP) is 1.42. The largest absolute Gasteiger partial charge is 0.350 e. The van der Waals surface area contributed by atoms with Gasteiger partial charge in [0.25, 0.3) is 0 Å². The molecule has 0 aliphatic rings. The summed E-state index contributed by atoms with van der Waals surface area (Å²) in [4.78, 5) is 25.4. The number of likely N-dealkylation sites (N-methyl/N-ethyl adjacent to an activating group) is 1. The van der Waals surface area contributed by atoms with Gasteiger partial charge in [-0.1, -0.05) is 12.1 Å². The maximum Gasteiger partial charge on any atom is 0.239 e. The van der Waals surface area contributed by atoms with Crippen LogP contribution >= 0.6 is 0 Å². The molecular weight excluding hydrogens is 285 g/mol. The molecule has 0 saturated carbocycles. The number of amides is 2. The molecule has 3 N–H and O–H groups in total. The van der Waals surface area contributed by atoms with Crippen LogP contribution in [0.4, 0.5) is 4.39 Å². The fraction of sp³-hybridized carbons (Fsp3) is 0.500. The zero-order chi connectivity index (χ0) is 16.5. The molecule has 122 valence electrons. The molecule has 22 heavy (non-hydrogen) atoms. The van der Waals surface area contributed by atoms with Gasteiger partial charge in [-0.05, 0) is 38.0 Å². The van der Waals surface area contributed by atoms with Crippen molar-refractivity contribution in [2.45, 2.75) is 39.3 Å². The lowest BCUT2D eigenvalue weighted by molar-refractivity contribution is -0.136. The van der Waals surface area contributed by atoms with Crippen LogP contribution in [0.15, 0.2) is 24.3 Å². The Morgan fingerprint density at radius 3 is 2.50 bits per heavy atom. The first-order valence-electron chi connectivity index (χ1n) is 7.46. The Balaban J connectivity index is 2.40.